The molecule has 0 fully saturated rings. The minimum absolute atomic E-state index is 0.905. The van der Waals surface area contributed by atoms with Crippen LogP contribution in [0.15, 0.2) is 12.7 Å². The van der Waals surface area contributed by atoms with E-state index in [-0.39, 0.29) is 0 Å². The maximum absolute atomic E-state index is 9.82. The van der Waals surface area contributed by atoms with Crippen molar-refractivity contribution in [2.45, 2.75) is 12.5 Å². The fourth-order valence-electron chi connectivity index (χ4n) is 0.0833. The molecule has 0 aromatic heterocycles. The molecular weight excluding hydrogens is 108 g/mol. The molecule has 0 heterocycles. The van der Waals surface area contributed by atoms with E-state index in [2.05, 4.69) is 6.58 Å². The van der Waals surface area contributed by atoms with Crippen LogP contribution < -0.4 is 5.11 Å². The van der Waals surface area contributed by atoms with Gasteiger partial charge in [-0.1, -0.05) is 12.7 Å². The van der Waals surface area contributed by atoms with E-state index >= 15 is 0 Å². The molecule has 0 rings (SSSR count). The van der Waals surface area contributed by atoms with Crippen molar-refractivity contribution in [1.29, 1.82) is 0 Å². The minimum atomic E-state index is -1.89. The van der Waals surface area contributed by atoms with Gasteiger partial charge in [0.05, 0.1) is 5.97 Å². The van der Waals surface area contributed by atoms with Crippen LogP contribution in [0.5, 0.6) is 0 Å². The Morgan fingerprint density at radius 1 is 2.00 bits per heavy atom. The highest BCUT2D eigenvalue weighted by Gasteiger charge is 2.15. The summed E-state index contributed by atoms with van der Waals surface area (Å²) >= 11 is 0. The summed E-state index contributed by atoms with van der Waals surface area (Å²) in [6.45, 7) is 4.18. The zero-order valence-corrected chi connectivity index (χ0v) is 4.55. The maximum atomic E-state index is 9.82. The minimum Gasteiger partial charge on any atom is -0.547 e. The largest absolute Gasteiger partial charge is 0.547 e. The van der Waals surface area contributed by atoms with Crippen molar-refractivity contribution in [3.63, 3.8) is 0 Å². The van der Waals surface area contributed by atoms with Crippen molar-refractivity contribution in [3.8, 4) is 0 Å². The average molecular weight is 115 g/mol. The van der Waals surface area contributed by atoms with Crippen molar-refractivity contribution in [2.24, 2.45) is 0 Å². The third kappa shape index (κ3) is 1.35. The van der Waals surface area contributed by atoms with Gasteiger partial charge in [0, 0.05) is 0 Å². The second kappa shape index (κ2) is 1.96. The van der Waals surface area contributed by atoms with Crippen LogP contribution in [0, 0.1) is 0 Å². The zero-order valence-electron chi connectivity index (χ0n) is 4.55. The number of hydrogen-bond donors (Lipinski definition) is 1. The lowest BCUT2D eigenvalue weighted by molar-refractivity contribution is -0.319. The highest BCUT2D eigenvalue weighted by Crippen LogP contribution is 1.99. The summed E-state index contributed by atoms with van der Waals surface area (Å²) in [6, 6.07) is 0. The van der Waals surface area contributed by atoms with Crippen LogP contribution in [0.2, 0.25) is 0 Å². The predicted octanol–water partition coefficient (Wildman–Crippen LogP) is -1.33. The van der Waals surface area contributed by atoms with Crippen LogP contribution in [0.1, 0.15) is 6.92 Å². The molecule has 0 aromatic carbocycles. The van der Waals surface area contributed by atoms with E-state index in [9.17, 15) is 9.90 Å². The third-order valence-electron chi connectivity index (χ3n) is 0.811. The molecular formula is C5H7O3-. The number of hydrogen-bond acceptors (Lipinski definition) is 3. The molecule has 0 radical (unpaired) electrons. The second-order valence-electron chi connectivity index (χ2n) is 1.64. The summed E-state index contributed by atoms with van der Waals surface area (Å²) in [6.07, 6.45) is 0.905. The van der Waals surface area contributed by atoms with Crippen LogP contribution in [0.4, 0.5) is 0 Å². The summed E-state index contributed by atoms with van der Waals surface area (Å²) in [5.74, 6) is -1.53. The number of carbonyl (C=O) groups excluding carboxylic acids is 1. The van der Waals surface area contributed by atoms with Gasteiger partial charge < -0.3 is 15.0 Å². The maximum Gasteiger partial charge on any atom is 0.119 e. The van der Waals surface area contributed by atoms with Crippen molar-refractivity contribution >= 4 is 5.97 Å². The molecule has 0 aliphatic carbocycles. The molecule has 0 saturated heterocycles. The molecule has 0 aromatic rings. The number of carboxylic acid groups (broad SMARTS) is 1. The van der Waals surface area contributed by atoms with Gasteiger partial charge in [0.15, 0.2) is 0 Å². The molecule has 0 spiro atoms. The van der Waals surface area contributed by atoms with Crippen molar-refractivity contribution < 1.29 is 15.0 Å². The molecule has 0 bridgehead atoms. The van der Waals surface area contributed by atoms with Gasteiger partial charge in [-0.05, 0) is 6.92 Å². The summed E-state index contributed by atoms with van der Waals surface area (Å²) in [5, 5.41) is 18.4. The SMILES string of the molecule is C=CC(C)(O)C(=O)[O-]. The van der Waals surface area contributed by atoms with Crippen molar-refractivity contribution in [3.05, 3.63) is 12.7 Å². The lowest BCUT2D eigenvalue weighted by Gasteiger charge is -2.18. The van der Waals surface area contributed by atoms with E-state index in [4.69, 9.17) is 5.11 Å². The monoisotopic (exact) mass is 115 g/mol. The zero-order chi connectivity index (χ0) is 6.78. The fourth-order valence-corrected chi connectivity index (χ4v) is 0.0833. The standard InChI is InChI=1S/C5H8O3/c1-3-5(2,8)4(6)7/h3,8H,1H2,2H3,(H,6,7)/p-1. The normalized spacial score (nSPS) is 16.8. The van der Waals surface area contributed by atoms with Gasteiger partial charge >= 0.3 is 0 Å². The molecule has 0 aliphatic heterocycles. The summed E-state index contributed by atoms with van der Waals surface area (Å²) < 4.78 is 0. The molecule has 1 N–H and O–H groups in total. The average Bonchev–Trinajstić information content (AvgIpc) is 1.67. The lowest BCUT2D eigenvalue weighted by atomic mass is 10.1. The Kier molecular flexibility index (Phi) is 1.76. The summed E-state index contributed by atoms with van der Waals surface area (Å²) in [4.78, 5) is 9.82. The van der Waals surface area contributed by atoms with E-state index < -0.39 is 11.6 Å². The molecule has 0 saturated carbocycles. The Hall–Kier alpha value is -0.830. The molecule has 0 aliphatic rings. The Labute approximate surface area is 47.3 Å². The van der Waals surface area contributed by atoms with Crippen LogP contribution in [-0.4, -0.2) is 16.7 Å². The van der Waals surface area contributed by atoms with E-state index in [1.807, 2.05) is 0 Å². The Bertz CT molecular complexity index is 115. The molecule has 1 atom stereocenters. The van der Waals surface area contributed by atoms with E-state index in [0.29, 0.717) is 0 Å². The van der Waals surface area contributed by atoms with Gasteiger partial charge in [-0.15, -0.1) is 0 Å². The van der Waals surface area contributed by atoms with Gasteiger partial charge in [-0.2, -0.15) is 0 Å². The van der Waals surface area contributed by atoms with Gasteiger partial charge in [-0.3, -0.25) is 0 Å². The molecule has 1 unspecified atom stereocenters. The van der Waals surface area contributed by atoms with E-state index in [0.717, 1.165) is 13.0 Å². The van der Waals surface area contributed by atoms with E-state index in [1.54, 1.807) is 0 Å². The van der Waals surface area contributed by atoms with Crippen molar-refractivity contribution in [2.75, 3.05) is 0 Å². The predicted molar refractivity (Wildman–Crippen MR) is 25.8 cm³/mol. The third-order valence-corrected chi connectivity index (χ3v) is 0.811. The molecule has 3 nitrogen and oxygen atoms in total. The van der Waals surface area contributed by atoms with Crippen LogP contribution in [0.25, 0.3) is 0 Å². The molecule has 8 heavy (non-hydrogen) atoms. The van der Waals surface area contributed by atoms with Crippen molar-refractivity contribution in [1.82, 2.24) is 0 Å². The number of aliphatic carboxylic acids is 1. The quantitative estimate of drug-likeness (QED) is 0.454. The number of carbonyl (C=O) groups is 1. The van der Waals surface area contributed by atoms with Crippen LogP contribution >= 0.6 is 0 Å². The first-order chi connectivity index (χ1) is 3.50. The molecule has 0 amide bonds. The topological polar surface area (TPSA) is 60.4 Å². The van der Waals surface area contributed by atoms with Gasteiger partial charge in [0.1, 0.15) is 5.60 Å². The smallest absolute Gasteiger partial charge is 0.119 e. The second-order valence-corrected chi connectivity index (χ2v) is 1.64. The first kappa shape index (κ1) is 7.17. The molecule has 46 valence electrons. The fraction of sp³-hybridized carbons (Fsp3) is 0.400. The van der Waals surface area contributed by atoms with Gasteiger partial charge in [0.2, 0.25) is 0 Å². The number of carboxylic acids is 1. The highest BCUT2D eigenvalue weighted by molar-refractivity contribution is 5.76. The number of aliphatic hydroxyl groups is 1. The Balaban J connectivity index is 4.12. The van der Waals surface area contributed by atoms with Crippen LogP contribution in [0.3, 0.4) is 0 Å². The Morgan fingerprint density at radius 3 is 2.38 bits per heavy atom. The summed E-state index contributed by atoms with van der Waals surface area (Å²) in [5.41, 5.74) is -1.89. The van der Waals surface area contributed by atoms with E-state index in [1.165, 1.54) is 0 Å². The first-order valence-electron chi connectivity index (χ1n) is 2.08. The van der Waals surface area contributed by atoms with Gasteiger partial charge in [-0.25, -0.2) is 0 Å². The Morgan fingerprint density at radius 2 is 2.38 bits per heavy atom. The number of rotatable bonds is 2. The summed E-state index contributed by atoms with van der Waals surface area (Å²) in [7, 11) is 0. The lowest BCUT2D eigenvalue weighted by Crippen LogP contribution is -2.44. The highest BCUT2D eigenvalue weighted by atomic mass is 16.4. The first-order valence-corrected chi connectivity index (χ1v) is 2.08. The van der Waals surface area contributed by atoms with Gasteiger partial charge in [0.25, 0.3) is 0 Å². The molecule has 3 heteroatoms. The van der Waals surface area contributed by atoms with Crippen LogP contribution in [-0.2, 0) is 4.79 Å².